The molecule has 0 bridgehead atoms. The van der Waals surface area contributed by atoms with Gasteiger partial charge in [-0.1, -0.05) is 36.4 Å². The lowest BCUT2D eigenvalue weighted by molar-refractivity contribution is 0.241. The zero-order chi connectivity index (χ0) is 13.3. The van der Waals surface area contributed by atoms with Crippen molar-refractivity contribution < 1.29 is 4.74 Å². The fourth-order valence-electron chi connectivity index (χ4n) is 2.51. The molecule has 1 fully saturated rings. The Balaban J connectivity index is 1.77. The molecule has 3 N–H and O–H groups in total. The average molecular weight is 254 g/mol. The first-order valence-corrected chi connectivity index (χ1v) is 6.62. The van der Waals surface area contributed by atoms with Gasteiger partial charge in [0.15, 0.2) is 0 Å². The van der Waals surface area contributed by atoms with E-state index in [1.165, 1.54) is 5.39 Å². The maximum Gasteiger partial charge on any atom is 0.127 e. The molecule has 0 saturated heterocycles. The lowest BCUT2D eigenvalue weighted by Gasteiger charge is -2.16. The third-order valence-corrected chi connectivity index (χ3v) is 3.81. The molecule has 0 amide bonds. The molecule has 1 saturated carbocycles. The summed E-state index contributed by atoms with van der Waals surface area (Å²) in [5, 5.41) is 9.76. The second-order valence-corrected chi connectivity index (χ2v) is 5.47. The van der Waals surface area contributed by atoms with E-state index in [9.17, 15) is 0 Å². The first-order valence-electron chi connectivity index (χ1n) is 6.62. The van der Waals surface area contributed by atoms with Gasteiger partial charge in [-0.05, 0) is 24.3 Å². The number of amidine groups is 1. The Morgan fingerprint density at radius 3 is 2.63 bits per heavy atom. The van der Waals surface area contributed by atoms with Gasteiger partial charge in [0.2, 0.25) is 0 Å². The predicted molar refractivity (Wildman–Crippen MR) is 77.6 cm³/mol. The number of benzene rings is 2. The minimum atomic E-state index is 0.114. The van der Waals surface area contributed by atoms with Crippen molar-refractivity contribution in [2.75, 3.05) is 6.61 Å². The molecule has 2 aromatic rings. The number of hydrogen-bond acceptors (Lipinski definition) is 2. The van der Waals surface area contributed by atoms with E-state index < -0.39 is 0 Å². The van der Waals surface area contributed by atoms with Gasteiger partial charge in [-0.3, -0.25) is 5.41 Å². The highest BCUT2D eigenvalue weighted by molar-refractivity contribution is 5.88. The van der Waals surface area contributed by atoms with Crippen LogP contribution in [0.5, 0.6) is 5.75 Å². The Hall–Kier alpha value is -2.03. The predicted octanol–water partition coefficient (Wildman–Crippen LogP) is 3.32. The maximum absolute atomic E-state index is 7.43. The number of rotatable bonds is 5. The maximum atomic E-state index is 7.43. The number of nitrogens with one attached hydrogen (secondary N) is 1. The van der Waals surface area contributed by atoms with Gasteiger partial charge >= 0.3 is 0 Å². The summed E-state index contributed by atoms with van der Waals surface area (Å²) < 4.78 is 6.00. The van der Waals surface area contributed by atoms with Crippen LogP contribution in [-0.2, 0) is 0 Å². The molecule has 1 aliphatic carbocycles. The van der Waals surface area contributed by atoms with Crippen LogP contribution >= 0.6 is 0 Å². The topological polar surface area (TPSA) is 59.1 Å². The Morgan fingerprint density at radius 2 is 1.89 bits per heavy atom. The second-order valence-electron chi connectivity index (χ2n) is 5.47. The molecular formula is C16H18N2O. The van der Waals surface area contributed by atoms with Crippen LogP contribution in [-0.4, -0.2) is 12.4 Å². The van der Waals surface area contributed by atoms with Crippen molar-refractivity contribution in [1.29, 1.82) is 5.41 Å². The summed E-state index contributed by atoms with van der Waals surface area (Å²) in [5.74, 6) is 1.19. The van der Waals surface area contributed by atoms with E-state index in [0.29, 0.717) is 13.0 Å². The first kappa shape index (κ1) is 12.0. The van der Waals surface area contributed by atoms with Gasteiger partial charge in [0.05, 0.1) is 12.4 Å². The van der Waals surface area contributed by atoms with Crippen molar-refractivity contribution in [3.05, 3.63) is 42.5 Å². The van der Waals surface area contributed by atoms with Crippen LogP contribution in [0.3, 0.4) is 0 Å². The van der Waals surface area contributed by atoms with Crippen molar-refractivity contribution in [2.45, 2.75) is 19.3 Å². The van der Waals surface area contributed by atoms with Gasteiger partial charge in [-0.2, -0.15) is 0 Å². The summed E-state index contributed by atoms with van der Waals surface area (Å²) in [6.07, 6.45) is 2.87. The van der Waals surface area contributed by atoms with Crippen LogP contribution in [0.25, 0.3) is 10.8 Å². The van der Waals surface area contributed by atoms with Gasteiger partial charge < -0.3 is 10.5 Å². The quantitative estimate of drug-likeness (QED) is 0.635. The largest absolute Gasteiger partial charge is 0.492 e. The number of hydrogen-bond donors (Lipinski definition) is 2. The molecule has 3 nitrogen and oxygen atoms in total. The highest BCUT2D eigenvalue weighted by Gasteiger charge is 2.44. The van der Waals surface area contributed by atoms with Crippen molar-refractivity contribution in [1.82, 2.24) is 0 Å². The standard InChI is InChI=1S/C16H18N2O/c17-15(18)10-16(8-9-16)11-19-14-7-3-5-12-4-1-2-6-13(12)14/h1-7H,8-11H2,(H3,17,18). The summed E-state index contributed by atoms with van der Waals surface area (Å²) in [6.45, 7) is 0.653. The van der Waals surface area contributed by atoms with Crippen molar-refractivity contribution >= 4 is 16.6 Å². The third kappa shape index (κ3) is 2.55. The van der Waals surface area contributed by atoms with Crippen LogP contribution in [0.1, 0.15) is 19.3 Å². The van der Waals surface area contributed by atoms with Crippen LogP contribution in [0.4, 0.5) is 0 Å². The monoisotopic (exact) mass is 254 g/mol. The van der Waals surface area contributed by atoms with Crippen molar-refractivity contribution in [3.63, 3.8) is 0 Å². The molecule has 3 heteroatoms. The Kier molecular flexibility index (Phi) is 2.90. The van der Waals surface area contributed by atoms with E-state index >= 15 is 0 Å². The lowest BCUT2D eigenvalue weighted by Crippen LogP contribution is -2.21. The van der Waals surface area contributed by atoms with E-state index in [1.807, 2.05) is 24.3 Å². The van der Waals surface area contributed by atoms with Crippen LogP contribution in [0, 0.1) is 10.8 Å². The summed E-state index contributed by atoms with van der Waals surface area (Å²) >= 11 is 0. The van der Waals surface area contributed by atoms with Crippen LogP contribution < -0.4 is 10.5 Å². The Morgan fingerprint density at radius 1 is 1.16 bits per heavy atom. The minimum Gasteiger partial charge on any atom is -0.492 e. The molecule has 2 aromatic carbocycles. The fourth-order valence-corrected chi connectivity index (χ4v) is 2.51. The Bertz CT molecular complexity index is 612. The number of fused-ring (bicyclic) bond motifs is 1. The summed E-state index contributed by atoms with van der Waals surface area (Å²) in [4.78, 5) is 0. The SMILES string of the molecule is N=C(N)CC1(COc2cccc3ccccc23)CC1. The van der Waals surface area contributed by atoms with Crippen LogP contribution in [0.15, 0.2) is 42.5 Å². The zero-order valence-electron chi connectivity index (χ0n) is 10.9. The van der Waals surface area contributed by atoms with E-state index in [-0.39, 0.29) is 11.3 Å². The molecule has 3 rings (SSSR count). The molecule has 0 radical (unpaired) electrons. The van der Waals surface area contributed by atoms with E-state index in [0.717, 1.165) is 24.0 Å². The molecule has 0 unspecified atom stereocenters. The van der Waals surface area contributed by atoms with E-state index in [4.69, 9.17) is 15.9 Å². The summed E-state index contributed by atoms with van der Waals surface area (Å²) in [6, 6.07) is 14.3. The molecule has 0 aliphatic heterocycles. The zero-order valence-corrected chi connectivity index (χ0v) is 10.9. The van der Waals surface area contributed by atoms with Gasteiger partial charge in [-0.25, -0.2) is 0 Å². The summed E-state index contributed by atoms with van der Waals surface area (Å²) in [5.41, 5.74) is 5.62. The molecule has 0 atom stereocenters. The first-order chi connectivity index (χ1) is 9.19. The molecule has 98 valence electrons. The molecule has 19 heavy (non-hydrogen) atoms. The summed E-state index contributed by atoms with van der Waals surface area (Å²) in [7, 11) is 0. The van der Waals surface area contributed by atoms with Gasteiger partial charge in [0, 0.05) is 17.2 Å². The van der Waals surface area contributed by atoms with Gasteiger partial charge in [0.1, 0.15) is 5.75 Å². The molecule has 1 aliphatic rings. The highest BCUT2D eigenvalue weighted by atomic mass is 16.5. The third-order valence-electron chi connectivity index (χ3n) is 3.81. The van der Waals surface area contributed by atoms with E-state index in [1.54, 1.807) is 0 Å². The van der Waals surface area contributed by atoms with E-state index in [2.05, 4.69) is 18.2 Å². The number of ether oxygens (including phenoxy) is 1. The van der Waals surface area contributed by atoms with Gasteiger partial charge in [0.25, 0.3) is 0 Å². The molecular weight excluding hydrogens is 236 g/mol. The fraction of sp³-hybridized carbons (Fsp3) is 0.312. The van der Waals surface area contributed by atoms with Gasteiger partial charge in [-0.15, -0.1) is 0 Å². The lowest BCUT2D eigenvalue weighted by atomic mass is 10.0. The minimum absolute atomic E-state index is 0.114. The second kappa shape index (κ2) is 4.57. The molecule has 0 heterocycles. The van der Waals surface area contributed by atoms with Crippen molar-refractivity contribution in [2.24, 2.45) is 11.1 Å². The van der Waals surface area contributed by atoms with Crippen molar-refractivity contribution in [3.8, 4) is 5.75 Å². The molecule has 0 aromatic heterocycles. The smallest absolute Gasteiger partial charge is 0.127 e. The van der Waals surface area contributed by atoms with Crippen LogP contribution in [0.2, 0.25) is 0 Å². The normalized spacial score (nSPS) is 16.2. The number of nitrogens with two attached hydrogens (primary N) is 1. The molecule has 0 spiro atoms. The Labute approximate surface area is 112 Å². The average Bonchev–Trinajstić information content (AvgIpc) is 3.15. The highest BCUT2D eigenvalue weighted by Crippen LogP contribution is 2.49.